The molecular weight excluding hydrogens is 272 g/mol. The van der Waals surface area contributed by atoms with Crippen molar-refractivity contribution < 1.29 is 24.1 Å². The molecule has 108 valence electrons. The summed E-state index contributed by atoms with van der Waals surface area (Å²) in [6, 6.07) is 10.2. The largest absolute Gasteiger partial charge is 0.508 e. The molecule has 1 unspecified atom stereocenters. The van der Waals surface area contributed by atoms with Crippen LogP contribution in [0.15, 0.2) is 36.4 Å². The van der Waals surface area contributed by atoms with Crippen LogP contribution in [0.2, 0.25) is 0 Å². The number of benzene rings is 2. The Bertz CT molecular complexity index is 708. The molecule has 5 nitrogen and oxygen atoms in total. The van der Waals surface area contributed by atoms with Gasteiger partial charge in [-0.05, 0) is 12.1 Å². The number of aromatic hydroxyl groups is 1. The molecule has 0 saturated carbocycles. The normalized spacial score (nSPS) is 16.3. The number of rotatable bonds is 3. The number of fused-ring (bicyclic) bond motifs is 1. The molecule has 0 bridgehead atoms. The van der Waals surface area contributed by atoms with Crippen molar-refractivity contribution in [3.63, 3.8) is 0 Å². The molecule has 1 aliphatic heterocycles. The Morgan fingerprint density at radius 1 is 1.05 bits per heavy atom. The number of phenols is 1. The first-order valence-electron chi connectivity index (χ1n) is 6.41. The van der Waals surface area contributed by atoms with Crippen LogP contribution in [0.25, 0.3) is 0 Å². The van der Waals surface area contributed by atoms with E-state index in [1.54, 1.807) is 36.4 Å². The quantitative estimate of drug-likeness (QED) is 0.879. The second-order valence-electron chi connectivity index (χ2n) is 4.61. The number of hydrogen-bond donors (Lipinski definition) is 1. The van der Waals surface area contributed by atoms with E-state index in [2.05, 4.69) is 0 Å². The van der Waals surface area contributed by atoms with Crippen molar-refractivity contribution in [2.75, 3.05) is 14.2 Å². The molecule has 0 amide bonds. The van der Waals surface area contributed by atoms with Gasteiger partial charge in [-0.2, -0.15) is 0 Å². The van der Waals surface area contributed by atoms with Gasteiger partial charge in [0.05, 0.1) is 14.2 Å². The molecule has 2 aromatic rings. The van der Waals surface area contributed by atoms with E-state index in [1.807, 2.05) is 0 Å². The predicted molar refractivity (Wildman–Crippen MR) is 74.9 cm³/mol. The fourth-order valence-electron chi connectivity index (χ4n) is 2.54. The van der Waals surface area contributed by atoms with Crippen LogP contribution in [0.4, 0.5) is 0 Å². The molecule has 5 heteroatoms. The third kappa shape index (κ3) is 1.98. The molecule has 1 heterocycles. The minimum absolute atomic E-state index is 0.0814. The van der Waals surface area contributed by atoms with Gasteiger partial charge in [-0.3, -0.25) is 0 Å². The summed E-state index contributed by atoms with van der Waals surface area (Å²) >= 11 is 0. The maximum atomic E-state index is 12.2. The van der Waals surface area contributed by atoms with Crippen molar-refractivity contribution >= 4 is 5.97 Å². The Labute approximate surface area is 121 Å². The van der Waals surface area contributed by atoms with Crippen LogP contribution in [0, 0.1) is 0 Å². The molecular formula is C16H14O5. The van der Waals surface area contributed by atoms with Gasteiger partial charge in [0, 0.05) is 11.1 Å². The van der Waals surface area contributed by atoms with Crippen LogP contribution in [-0.2, 0) is 4.74 Å². The molecule has 1 atom stereocenters. The Morgan fingerprint density at radius 3 is 2.48 bits per heavy atom. The average molecular weight is 286 g/mol. The lowest BCUT2D eigenvalue weighted by Crippen LogP contribution is -2.01. The summed E-state index contributed by atoms with van der Waals surface area (Å²) in [7, 11) is 2.98. The monoisotopic (exact) mass is 286 g/mol. The smallest absolute Gasteiger partial charge is 0.343 e. The van der Waals surface area contributed by atoms with Crippen LogP contribution in [-0.4, -0.2) is 25.3 Å². The lowest BCUT2D eigenvalue weighted by atomic mass is 9.97. The van der Waals surface area contributed by atoms with Crippen LogP contribution in [0.1, 0.15) is 27.6 Å². The molecule has 21 heavy (non-hydrogen) atoms. The third-order valence-electron chi connectivity index (χ3n) is 3.51. The predicted octanol–water partition coefficient (Wildman–Crippen LogP) is 2.67. The summed E-state index contributed by atoms with van der Waals surface area (Å²) in [5, 5.41) is 9.96. The van der Waals surface area contributed by atoms with E-state index in [9.17, 15) is 9.90 Å². The minimum Gasteiger partial charge on any atom is -0.508 e. The van der Waals surface area contributed by atoms with Crippen molar-refractivity contribution in [1.29, 1.82) is 0 Å². The fraction of sp³-hybridized carbons (Fsp3) is 0.188. The highest BCUT2D eigenvalue weighted by atomic mass is 16.6. The minimum atomic E-state index is -0.645. The molecule has 1 aliphatic rings. The zero-order valence-corrected chi connectivity index (χ0v) is 11.6. The van der Waals surface area contributed by atoms with Crippen LogP contribution < -0.4 is 9.47 Å². The zero-order valence-electron chi connectivity index (χ0n) is 11.6. The van der Waals surface area contributed by atoms with Gasteiger partial charge in [0.25, 0.3) is 0 Å². The second kappa shape index (κ2) is 5.01. The molecule has 1 N–H and O–H groups in total. The first-order valence-corrected chi connectivity index (χ1v) is 6.41. The number of phenolic OH excluding ortho intramolecular Hbond substituents is 1. The fourth-order valence-corrected chi connectivity index (χ4v) is 2.54. The van der Waals surface area contributed by atoms with Crippen LogP contribution in [0.5, 0.6) is 17.2 Å². The number of methoxy groups -OCH3 is 2. The van der Waals surface area contributed by atoms with Crippen LogP contribution in [0.3, 0.4) is 0 Å². The Balaban J connectivity index is 2.18. The maximum Gasteiger partial charge on any atom is 0.343 e. The van der Waals surface area contributed by atoms with E-state index in [-0.39, 0.29) is 5.75 Å². The summed E-state index contributed by atoms with van der Waals surface area (Å²) in [5.74, 6) is 0.399. The Hall–Kier alpha value is -2.69. The van der Waals surface area contributed by atoms with Gasteiger partial charge in [-0.15, -0.1) is 0 Å². The van der Waals surface area contributed by atoms with Gasteiger partial charge < -0.3 is 19.3 Å². The van der Waals surface area contributed by atoms with Gasteiger partial charge in [-0.25, -0.2) is 4.79 Å². The lowest BCUT2D eigenvalue weighted by Gasteiger charge is -2.13. The molecule has 0 radical (unpaired) electrons. The summed E-state index contributed by atoms with van der Waals surface area (Å²) in [4.78, 5) is 12.2. The second-order valence-corrected chi connectivity index (χ2v) is 4.61. The molecule has 3 rings (SSSR count). The van der Waals surface area contributed by atoms with Gasteiger partial charge in [0.1, 0.15) is 11.3 Å². The number of cyclic esters (lactones) is 1. The number of para-hydroxylation sites is 1. The summed E-state index contributed by atoms with van der Waals surface area (Å²) in [5.41, 5.74) is 1.53. The summed E-state index contributed by atoms with van der Waals surface area (Å²) in [6.45, 7) is 0. The number of ether oxygens (including phenoxy) is 3. The maximum absolute atomic E-state index is 12.2. The van der Waals surface area contributed by atoms with E-state index in [0.29, 0.717) is 28.2 Å². The first-order chi connectivity index (χ1) is 10.2. The molecule has 0 fully saturated rings. The van der Waals surface area contributed by atoms with Crippen molar-refractivity contribution in [2.45, 2.75) is 6.10 Å². The van der Waals surface area contributed by atoms with Gasteiger partial charge in [0.2, 0.25) is 0 Å². The zero-order chi connectivity index (χ0) is 15.0. The number of esters is 1. The van der Waals surface area contributed by atoms with E-state index in [4.69, 9.17) is 14.2 Å². The Morgan fingerprint density at radius 2 is 1.81 bits per heavy atom. The Kier molecular flexibility index (Phi) is 3.17. The highest BCUT2D eigenvalue weighted by Gasteiger charge is 2.37. The average Bonchev–Trinajstić information content (AvgIpc) is 2.84. The molecule has 0 spiro atoms. The molecule has 0 aliphatic carbocycles. The van der Waals surface area contributed by atoms with E-state index >= 15 is 0 Å². The van der Waals surface area contributed by atoms with Crippen molar-refractivity contribution in [3.05, 3.63) is 53.1 Å². The van der Waals surface area contributed by atoms with E-state index in [0.717, 1.165) is 0 Å². The number of carbonyl (C=O) groups is 1. The highest BCUT2D eigenvalue weighted by molar-refractivity contribution is 5.98. The molecule has 0 aromatic heterocycles. The molecule has 0 saturated heterocycles. The van der Waals surface area contributed by atoms with Gasteiger partial charge in [0.15, 0.2) is 17.6 Å². The first kappa shape index (κ1) is 13.3. The topological polar surface area (TPSA) is 65.0 Å². The lowest BCUT2D eigenvalue weighted by molar-refractivity contribution is 0.0451. The van der Waals surface area contributed by atoms with Crippen molar-refractivity contribution in [2.24, 2.45) is 0 Å². The van der Waals surface area contributed by atoms with E-state index < -0.39 is 12.1 Å². The highest BCUT2D eigenvalue weighted by Crippen LogP contribution is 2.45. The number of hydrogen-bond acceptors (Lipinski definition) is 5. The van der Waals surface area contributed by atoms with Crippen LogP contribution >= 0.6 is 0 Å². The SMILES string of the molecule is COc1ccc2c(c1OC)C(=O)OC2c1ccccc1O. The standard InChI is InChI=1S/C16H14O5/c1-19-12-8-7-10-13(15(12)20-2)16(18)21-14(10)9-5-3-4-6-11(9)17/h3-8,14,17H,1-2H3. The van der Waals surface area contributed by atoms with Gasteiger partial charge in [-0.1, -0.05) is 24.3 Å². The molecule has 2 aromatic carbocycles. The van der Waals surface area contributed by atoms with Crippen molar-refractivity contribution in [1.82, 2.24) is 0 Å². The summed E-state index contributed by atoms with van der Waals surface area (Å²) in [6.07, 6.45) is -0.645. The van der Waals surface area contributed by atoms with Crippen molar-refractivity contribution in [3.8, 4) is 17.2 Å². The third-order valence-corrected chi connectivity index (χ3v) is 3.51. The summed E-state index contributed by atoms with van der Waals surface area (Å²) < 4.78 is 15.9. The van der Waals surface area contributed by atoms with E-state index in [1.165, 1.54) is 14.2 Å². The number of carbonyl (C=O) groups excluding carboxylic acids is 1. The van der Waals surface area contributed by atoms with Gasteiger partial charge >= 0.3 is 5.97 Å².